The summed E-state index contributed by atoms with van der Waals surface area (Å²) >= 11 is 0. The third kappa shape index (κ3) is 3.36. The van der Waals surface area contributed by atoms with Crippen LogP contribution in [0.15, 0.2) is 18.2 Å². The fourth-order valence-corrected chi connectivity index (χ4v) is 1.46. The van der Waals surface area contributed by atoms with E-state index < -0.39 is 11.7 Å². The van der Waals surface area contributed by atoms with E-state index in [4.69, 9.17) is 0 Å². The topological polar surface area (TPSA) is 17.1 Å². The van der Waals surface area contributed by atoms with Crippen molar-refractivity contribution in [2.45, 2.75) is 32.9 Å². The first-order chi connectivity index (χ1) is 7.30. The first-order valence-electron chi connectivity index (χ1n) is 4.97. The summed E-state index contributed by atoms with van der Waals surface area (Å²) in [4.78, 5) is 10.8. The normalized spacial score (nSPS) is 11.6. The quantitative estimate of drug-likeness (QED) is 0.776. The minimum absolute atomic E-state index is 0.0410. The van der Waals surface area contributed by atoms with Crippen LogP contribution in [0.3, 0.4) is 0 Å². The van der Waals surface area contributed by atoms with Gasteiger partial charge < -0.3 is 4.79 Å². The lowest BCUT2D eigenvalue weighted by molar-refractivity contribution is -0.137. The molecule has 16 heavy (non-hydrogen) atoms. The summed E-state index contributed by atoms with van der Waals surface area (Å²) in [5.74, 6) is 0.0410. The first kappa shape index (κ1) is 12.7. The Morgan fingerprint density at radius 3 is 2.38 bits per heavy atom. The minimum atomic E-state index is -4.30. The Hall–Kier alpha value is -1.32. The fraction of sp³-hybridized carbons (Fsp3) is 0.417. The van der Waals surface area contributed by atoms with Crippen LogP contribution in [-0.2, 0) is 17.4 Å². The van der Waals surface area contributed by atoms with Gasteiger partial charge in [-0.2, -0.15) is 13.2 Å². The Balaban J connectivity index is 2.88. The zero-order chi connectivity index (χ0) is 12.3. The monoisotopic (exact) mass is 230 g/mol. The SMILES string of the molecule is CC(=O)CCc1ccc(C(F)(F)F)cc1C. The van der Waals surface area contributed by atoms with Gasteiger partial charge in [0, 0.05) is 6.42 Å². The van der Waals surface area contributed by atoms with Gasteiger partial charge in [-0.15, -0.1) is 0 Å². The van der Waals surface area contributed by atoms with Gasteiger partial charge in [-0.25, -0.2) is 0 Å². The highest BCUT2D eigenvalue weighted by Gasteiger charge is 2.30. The molecule has 0 aliphatic rings. The molecule has 1 rings (SSSR count). The molecule has 0 saturated heterocycles. The molecule has 1 nitrogen and oxygen atoms in total. The van der Waals surface area contributed by atoms with E-state index in [2.05, 4.69) is 0 Å². The van der Waals surface area contributed by atoms with Crippen LogP contribution in [0.1, 0.15) is 30.0 Å². The molecule has 0 unspecified atom stereocenters. The molecule has 0 N–H and O–H groups in total. The second-order valence-corrected chi connectivity index (χ2v) is 3.84. The van der Waals surface area contributed by atoms with Crippen molar-refractivity contribution in [1.82, 2.24) is 0 Å². The van der Waals surface area contributed by atoms with Gasteiger partial charge in [-0.3, -0.25) is 0 Å². The lowest BCUT2D eigenvalue weighted by atomic mass is 10.00. The van der Waals surface area contributed by atoms with E-state index in [9.17, 15) is 18.0 Å². The van der Waals surface area contributed by atoms with Gasteiger partial charge in [-0.1, -0.05) is 6.07 Å². The van der Waals surface area contributed by atoms with Crippen LogP contribution < -0.4 is 0 Å². The van der Waals surface area contributed by atoms with Crippen molar-refractivity contribution in [2.75, 3.05) is 0 Å². The predicted octanol–water partition coefficient (Wildman–Crippen LogP) is 3.54. The summed E-state index contributed by atoms with van der Waals surface area (Å²) in [6, 6.07) is 3.62. The van der Waals surface area contributed by atoms with E-state index in [-0.39, 0.29) is 5.78 Å². The van der Waals surface area contributed by atoms with Crippen molar-refractivity contribution in [1.29, 1.82) is 0 Å². The van der Waals surface area contributed by atoms with Crippen molar-refractivity contribution in [3.8, 4) is 0 Å². The third-order valence-electron chi connectivity index (χ3n) is 2.42. The molecule has 4 heteroatoms. The number of benzene rings is 1. The number of hydrogen-bond donors (Lipinski definition) is 0. The van der Waals surface area contributed by atoms with Crippen LogP contribution in [0.2, 0.25) is 0 Å². The van der Waals surface area contributed by atoms with E-state index in [1.165, 1.54) is 13.0 Å². The Morgan fingerprint density at radius 2 is 1.94 bits per heavy atom. The van der Waals surface area contributed by atoms with Crippen LogP contribution in [0.4, 0.5) is 13.2 Å². The molecular formula is C12H13F3O. The number of carbonyl (C=O) groups excluding carboxylic acids is 1. The van der Waals surface area contributed by atoms with Gasteiger partial charge in [0.25, 0.3) is 0 Å². The predicted molar refractivity (Wildman–Crippen MR) is 55.2 cm³/mol. The molecule has 0 amide bonds. The summed E-state index contributed by atoms with van der Waals surface area (Å²) in [6.45, 7) is 3.10. The fourth-order valence-electron chi connectivity index (χ4n) is 1.46. The van der Waals surface area contributed by atoms with Gasteiger partial charge in [0.2, 0.25) is 0 Å². The van der Waals surface area contributed by atoms with Gasteiger partial charge in [0.05, 0.1) is 5.56 Å². The van der Waals surface area contributed by atoms with E-state index in [0.29, 0.717) is 18.4 Å². The molecule has 0 aliphatic heterocycles. The van der Waals surface area contributed by atoms with Crippen LogP contribution in [-0.4, -0.2) is 5.78 Å². The van der Waals surface area contributed by atoms with Gasteiger partial charge in [0.15, 0.2) is 0 Å². The number of carbonyl (C=O) groups is 1. The Labute approximate surface area is 92.3 Å². The largest absolute Gasteiger partial charge is 0.416 e. The number of halogens is 3. The summed E-state index contributed by atoms with van der Waals surface area (Å²) < 4.78 is 37.1. The number of Topliss-reactive ketones (excluding diaryl/α,β-unsaturated/α-hetero) is 1. The van der Waals surface area contributed by atoms with Crippen molar-refractivity contribution in [3.63, 3.8) is 0 Å². The maximum absolute atomic E-state index is 12.4. The van der Waals surface area contributed by atoms with E-state index >= 15 is 0 Å². The van der Waals surface area contributed by atoms with Crippen LogP contribution in [0.25, 0.3) is 0 Å². The summed E-state index contributed by atoms with van der Waals surface area (Å²) in [5, 5.41) is 0. The number of hydrogen-bond acceptors (Lipinski definition) is 1. The number of ketones is 1. The zero-order valence-corrected chi connectivity index (χ0v) is 9.19. The van der Waals surface area contributed by atoms with E-state index in [0.717, 1.165) is 17.7 Å². The lowest BCUT2D eigenvalue weighted by Crippen LogP contribution is -2.06. The average molecular weight is 230 g/mol. The maximum atomic E-state index is 12.4. The van der Waals surface area contributed by atoms with Crippen molar-refractivity contribution >= 4 is 5.78 Å². The molecular weight excluding hydrogens is 217 g/mol. The van der Waals surface area contributed by atoms with Crippen molar-refractivity contribution < 1.29 is 18.0 Å². The molecule has 88 valence electrons. The molecule has 0 fully saturated rings. The minimum Gasteiger partial charge on any atom is -0.300 e. The van der Waals surface area contributed by atoms with Crippen LogP contribution in [0, 0.1) is 6.92 Å². The van der Waals surface area contributed by atoms with Crippen LogP contribution in [0.5, 0.6) is 0 Å². The molecule has 0 heterocycles. The number of alkyl halides is 3. The summed E-state index contributed by atoms with van der Waals surface area (Å²) in [6.07, 6.45) is -3.44. The molecule has 0 aromatic heterocycles. The molecule has 0 saturated carbocycles. The number of rotatable bonds is 3. The van der Waals surface area contributed by atoms with Gasteiger partial charge >= 0.3 is 6.18 Å². The van der Waals surface area contributed by atoms with Crippen LogP contribution >= 0.6 is 0 Å². The first-order valence-corrected chi connectivity index (χ1v) is 4.97. The lowest BCUT2D eigenvalue weighted by Gasteiger charge is -2.10. The van der Waals surface area contributed by atoms with E-state index in [1.807, 2.05) is 0 Å². The van der Waals surface area contributed by atoms with Gasteiger partial charge in [-0.05, 0) is 43.5 Å². The molecule has 1 aromatic carbocycles. The molecule has 1 aromatic rings. The molecule has 0 atom stereocenters. The summed E-state index contributed by atoms with van der Waals surface area (Å²) in [7, 11) is 0. The van der Waals surface area contributed by atoms with Gasteiger partial charge in [0.1, 0.15) is 5.78 Å². The average Bonchev–Trinajstić information content (AvgIpc) is 2.14. The van der Waals surface area contributed by atoms with E-state index in [1.54, 1.807) is 6.92 Å². The second kappa shape index (κ2) is 4.68. The zero-order valence-electron chi connectivity index (χ0n) is 9.19. The molecule has 0 aliphatic carbocycles. The highest BCUT2D eigenvalue weighted by atomic mass is 19.4. The maximum Gasteiger partial charge on any atom is 0.416 e. The van der Waals surface area contributed by atoms with Crippen molar-refractivity contribution in [2.24, 2.45) is 0 Å². The standard InChI is InChI=1S/C12H13F3O/c1-8-7-11(12(13,14)15)6-5-10(8)4-3-9(2)16/h5-7H,3-4H2,1-2H3. The molecule has 0 bridgehead atoms. The highest BCUT2D eigenvalue weighted by Crippen LogP contribution is 2.30. The Kier molecular flexibility index (Phi) is 3.73. The highest BCUT2D eigenvalue weighted by molar-refractivity contribution is 5.75. The Bertz CT molecular complexity index is 394. The molecule has 0 spiro atoms. The second-order valence-electron chi connectivity index (χ2n) is 3.84. The van der Waals surface area contributed by atoms with Crippen molar-refractivity contribution in [3.05, 3.63) is 34.9 Å². The third-order valence-corrected chi connectivity index (χ3v) is 2.42. The summed E-state index contributed by atoms with van der Waals surface area (Å²) in [5.41, 5.74) is 0.732. The molecule has 0 radical (unpaired) electrons. The smallest absolute Gasteiger partial charge is 0.300 e. The number of aryl methyl sites for hydroxylation is 2. The Morgan fingerprint density at radius 1 is 1.31 bits per heavy atom.